The maximum atomic E-state index is 12.8. The van der Waals surface area contributed by atoms with E-state index in [-0.39, 0.29) is 49.2 Å². The Hall–Kier alpha value is -6.79. The van der Waals surface area contributed by atoms with Gasteiger partial charge < -0.3 is 42.6 Å². The molecule has 0 radical (unpaired) electrons. The minimum Gasteiger partial charge on any atom is -0.493 e. The van der Waals surface area contributed by atoms with E-state index in [1.807, 2.05) is 146 Å². The third-order valence-corrected chi connectivity index (χ3v) is 11.6. The van der Waals surface area contributed by atoms with Crippen molar-refractivity contribution in [2.24, 2.45) is 0 Å². The Kier molecular flexibility index (Phi) is 15.5. The summed E-state index contributed by atoms with van der Waals surface area (Å²) in [6, 6.07) is 63.4. The summed E-state index contributed by atoms with van der Waals surface area (Å²) in [5.74, 6) is 0.0463. The number of carbonyl (C=O) groups is 1. The average molecular weight is 887 g/mol. The molecule has 0 amide bonds. The highest BCUT2D eigenvalue weighted by Crippen LogP contribution is 2.44. The Labute approximate surface area is 386 Å². The van der Waals surface area contributed by atoms with Crippen LogP contribution in [0.15, 0.2) is 194 Å². The Morgan fingerprint density at radius 1 is 0.500 bits per heavy atom. The van der Waals surface area contributed by atoms with Gasteiger partial charge in [0.05, 0.1) is 53.3 Å². The number of esters is 1. The fourth-order valence-electron chi connectivity index (χ4n) is 8.30. The van der Waals surface area contributed by atoms with Crippen molar-refractivity contribution >= 4 is 5.97 Å². The van der Waals surface area contributed by atoms with Crippen LogP contribution in [0.3, 0.4) is 0 Å². The second-order valence-electron chi connectivity index (χ2n) is 15.7. The van der Waals surface area contributed by atoms with Gasteiger partial charge in [0.15, 0.2) is 11.5 Å². The molecule has 0 unspecified atom stereocenters. The molecular weight excluding hydrogens is 833 g/mol. The lowest BCUT2D eigenvalue weighted by Crippen LogP contribution is -2.63. The molecule has 10 heteroatoms. The molecule has 338 valence electrons. The van der Waals surface area contributed by atoms with Crippen molar-refractivity contribution in [3.05, 3.63) is 233 Å². The van der Waals surface area contributed by atoms with Crippen LogP contribution in [0.5, 0.6) is 17.2 Å². The quantitative estimate of drug-likeness (QED) is 0.0543. The average Bonchev–Trinajstić information content (AvgIpc) is 3.39. The van der Waals surface area contributed by atoms with E-state index in [0.29, 0.717) is 0 Å². The molecule has 1 aliphatic rings. The van der Waals surface area contributed by atoms with E-state index < -0.39 is 42.3 Å². The van der Waals surface area contributed by atoms with Crippen LogP contribution in [0.1, 0.15) is 43.7 Å². The number of benzene rings is 7. The van der Waals surface area contributed by atoms with Gasteiger partial charge in [0.25, 0.3) is 0 Å². The smallest absolute Gasteiger partial charge is 0.338 e. The molecule has 66 heavy (non-hydrogen) atoms. The molecule has 0 N–H and O–H groups in total. The highest BCUT2D eigenvalue weighted by molar-refractivity contribution is 5.91. The van der Waals surface area contributed by atoms with Gasteiger partial charge in [-0.05, 0) is 45.5 Å². The minimum absolute atomic E-state index is 0.00412. The summed E-state index contributed by atoms with van der Waals surface area (Å²) in [6.45, 7) is 0.668. The van der Waals surface area contributed by atoms with Crippen LogP contribution < -0.4 is 14.2 Å². The molecule has 5 atom stereocenters. The molecular formula is C56H54O10. The first-order chi connectivity index (χ1) is 32.5. The summed E-state index contributed by atoms with van der Waals surface area (Å²) in [4.78, 5) is 12.8. The molecule has 8 rings (SSSR count). The second kappa shape index (κ2) is 22.4. The summed E-state index contributed by atoms with van der Waals surface area (Å²) in [7, 11) is 4.28. The van der Waals surface area contributed by atoms with E-state index in [2.05, 4.69) is 36.4 Å². The lowest BCUT2D eigenvalue weighted by atomic mass is 9.80. The fourth-order valence-corrected chi connectivity index (χ4v) is 8.30. The highest BCUT2D eigenvalue weighted by atomic mass is 16.7. The molecule has 1 heterocycles. The summed E-state index contributed by atoms with van der Waals surface area (Å²) in [6.07, 6.45) is -4.51. The van der Waals surface area contributed by atoms with Crippen molar-refractivity contribution in [2.75, 3.05) is 27.9 Å². The van der Waals surface area contributed by atoms with E-state index in [9.17, 15) is 4.79 Å². The van der Waals surface area contributed by atoms with E-state index in [4.69, 9.17) is 42.6 Å². The second-order valence-corrected chi connectivity index (χ2v) is 15.7. The first-order valence-electron chi connectivity index (χ1n) is 21.9. The van der Waals surface area contributed by atoms with Crippen molar-refractivity contribution in [3.63, 3.8) is 0 Å². The predicted molar refractivity (Wildman–Crippen MR) is 250 cm³/mol. The van der Waals surface area contributed by atoms with Gasteiger partial charge in [-0.3, -0.25) is 0 Å². The van der Waals surface area contributed by atoms with Gasteiger partial charge >= 0.3 is 5.97 Å². The number of ether oxygens (including phenoxy) is 9. The molecule has 0 bridgehead atoms. The molecule has 0 saturated carbocycles. The topological polar surface area (TPSA) is 100 Å². The molecule has 1 fully saturated rings. The van der Waals surface area contributed by atoms with E-state index in [0.717, 1.165) is 33.4 Å². The van der Waals surface area contributed by atoms with Gasteiger partial charge in [-0.2, -0.15) is 0 Å². The molecule has 1 aliphatic heterocycles. The Morgan fingerprint density at radius 3 is 1.27 bits per heavy atom. The van der Waals surface area contributed by atoms with Crippen LogP contribution in [0, 0.1) is 0 Å². The van der Waals surface area contributed by atoms with Gasteiger partial charge in [0.1, 0.15) is 30.0 Å². The maximum absolute atomic E-state index is 12.8. The van der Waals surface area contributed by atoms with Crippen molar-refractivity contribution < 1.29 is 47.4 Å². The van der Waals surface area contributed by atoms with Gasteiger partial charge in [-0.15, -0.1) is 0 Å². The molecule has 7 aromatic carbocycles. The lowest BCUT2D eigenvalue weighted by Gasteiger charge is -2.47. The maximum Gasteiger partial charge on any atom is 0.338 e. The van der Waals surface area contributed by atoms with Crippen molar-refractivity contribution in [2.45, 2.75) is 56.1 Å². The van der Waals surface area contributed by atoms with Gasteiger partial charge in [-0.1, -0.05) is 182 Å². The molecule has 0 aromatic heterocycles. The van der Waals surface area contributed by atoms with Gasteiger partial charge in [0.2, 0.25) is 12.0 Å². The van der Waals surface area contributed by atoms with Crippen LogP contribution in [-0.4, -0.2) is 64.6 Å². The molecule has 10 nitrogen and oxygen atoms in total. The van der Waals surface area contributed by atoms with Crippen molar-refractivity contribution in [3.8, 4) is 17.2 Å². The highest BCUT2D eigenvalue weighted by Gasteiger charge is 2.51. The van der Waals surface area contributed by atoms with Crippen molar-refractivity contribution in [1.29, 1.82) is 0 Å². The lowest BCUT2D eigenvalue weighted by molar-refractivity contribution is -0.312. The monoisotopic (exact) mass is 886 g/mol. The molecule has 1 saturated heterocycles. The van der Waals surface area contributed by atoms with Crippen LogP contribution in [-0.2, 0) is 53.8 Å². The summed E-state index contributed by atoms with van der Waals surface area (Å²) >= 11 is 0. The number of methoxy groups -OCH3 is 3. The van der Waals surface area contributed by atoms with E-state index >= 15 is 0 Å². The normalized spacial score (nSPS) is 18.3. The van der Waals surface area contributed by atoms with E-state index in [1.165, 1.54) is 33.5 Å². The third-order valence-electron chi connectivity index (χ3n) is 11.6. The predicted octanol–water partition coefficient (Wildman–Crippen LogP) is 10.4. The molecule has 0 aliphatic carbocycles. The molecule has 0 spiro atoms. The first-order valence-corrected chi connectivity index (χ1v) is 21.9. The Morgan fingerprint density at radius 2 is 0.879 bits per heavy atom. The molecule has 7 aromatic rings. The van der Waals surface area contributed by atoms with Crippen molar-refractivity contribution in [1.82, 2.24) is 0 Å². The third kappa shape index (κ3) is 10.7. The summed E-state index contributed by atoms with van der Waals surface area (Å²) in [5, 5.41) is 0. The van der Waals surface area contributed by atoms with Crippen LogP contribution in [0.4, 0.5) is 0 Å². The first kappa shape index (κ1) is 45.8. The number of rotatable bonds is 20. The summed E-state index contributed by atoms with van der Waals surface area (Å²) < 4.78 is 59.3. The summed E-state index contributed by atoms with van der Waals surface area (Å²) in [5.41, 5.74) is 4.74. The van der Waals surface area contributed by atoms with Crippen LogP contribution >= 0.6 is 0 Å². The van der Waals surface area contributed by atoms with E-state index in [1.54, 1.807) is 0 Å². The minimum atomic E-state index is -1.17. The van der Waals surface area contributed by atoms with Gasteiger partial charge in [0, 0.05) is 0 Å². The Balaban J connectivity index is 1.27. The van der Waals surface area contributed by atoms with Crippen LogP contribution in [0.2, 0.25) is 0 Å². The SMILES string of the molecule is COC(=O)c1cc(OC)c(O[C@@H]2O[C@H](COC(c3ccccc3)(c3ccccc3)c3ccccc3)[C@@H](OCc3ccccc3)[C@@H](OCc3ccccc3)[C@H]2OCc2ccccc2)c(OC)c1. The number of carbonyl (C=O) groups excluding carboxylic acids is 1. The Bertz CT molecular complexity index is 2420. The number of hydrogen-bond acceptors (Lipinski definition) is 10. The van der Waals surface area contributed by atoms with Crippen LogP contribution in [0.25, 0.3) is 0 Å². The number of hydrogen-bond donors (Lipinski definition) is 0. The zero-order chi connectivity index (χ0) is 45.6. The standard InChI is InChI=1S/C56H54O10/c1-58-47-34-43(54(57)60-3)35-48(59-2)50(47)66-55-53(63-38-42-26-14-6-15-27-42)52(62-37-41-24-12-5-13-25-41)51(61-36-40-22-10-4-11-23-40)49(65-55)39-64-56(44-28-16-7-17-29-44,45-30-18-8-19-31-45)46-32-20-9-21-33-46/h4-35,49,51-53,55H,36-39H2,1-3H3/t49-,51-,52-,53-,55+/m1/s1. The largest absolute Gasteiger partial charge is 0.493 e. The van der Waals surface area contributed by atoms with Gasteiger partial charge in [-0.25, -0.2) is 4.79 Å². The zero-order valence-electron chi connectivity index (χ0n) is 37.3. The zero-order valence-corrected chi connectivity index (χ0v) is 37.3. The fraction of sp³-hybridized carbons (Fsp3) is 0.232.